The van der Waals surface area contributed by atoms with Crippen LogP contribution in [0.4, 0.5) is 6.01 Å². The van der Waals surface area contributed by atoms with Crippen molar-refractivity contribution in [2.45, 2.75) is 38.2 Å². The molecule has 1 aromatic rings. The third kappa shape index (κ3) is 4.00. The smallest absolute Gasteiger partial charge is 0.322 e. The lowest BCUT2D eigenvalue weighted by Crippen LogP contribution is -2.42. The van der Waals surface area contributed by atoms with E-state index >= 15 is 0 Å². The third-order valence-electron chi connectivity index (χ3n) is 3.28. The average molecular weight is 268 g/mol. The zero-order valence-electron chi connectivity index (χ0n) is 11.3. The van der Waals surface area contributed by atoms with E-state index in [0.717, 1.165) is 25.7 Å². The van der Waals surface area contributed by atoms with E-state index in [1.807, 2.05) is 11.9 Å². The van der Waals surface area contributed by atoms with Gasteiger partial charge in [0.15, 0.2) is 0 Å². The number of carbonyl (C=O) groups excluding carboxylic acids is 1. The standard InChI is InChI=1S/C12H20N4O3/c1-9-14-15-11(19-9)13-10(17)7-16(2)8-12(18)5-3-4-6-12/h18H,3-8H2,1-2H3,(H,13,15,17). The van der Waals surface area contributed by atoms with E-state index < -0.39 is 5.60 Å². The first-order chi connectivity index (χ1) is 8.97. The summed E-state index contributed by atoms with van der Waals surface area (Å²) in [6.07, 6.45) is 3.72. The Balaban J connectivity index is 1.78. The normalized spacial score (nSPS) is 17.9. The topological polar surface area (TPSA) is 91.5 Å². The molecule has 0 unspecified atom stereocenters. The second-order valence-corrected chi connectivity index (χ2v) is 5.28. The number of rotatable bonds is 5. The summed E-state index contributed by atoms with van der Waals surface area (Å²) in [6.45, 7) is 2.34. The van der Waals surface area contributed by atoms with E-state index in [9.17, 15) is 9.90 Å². The Morgan fingerprint density at radius 3 is 2.74 bits per heavy atom. The van der Waals surface area contributed by atoms with Crippen LogP contribution in [0.25, 0.3) is 0 Å². The van der Waals surface area contributed by atoms with E-state index in [2.05, 4.69) is 15.5 Å². The molecule has 7 heteroatoms. The number of nitrogens with zero attached hydrogens (tertiary/aromatic N) is 3. The number of amides is 1. The van der Waals surface area contributed by atoms with Gasteiger partial charge in [-0.3, -0.25) is 15.0 Å². The van der Waals surface area contributed by atoms with Gasteiger partial charge in [0, 0.05) is 13.5 Å². The summed E-state index contributed by atoms with van der Waals surface area (Å²) < 4.78 is 5.07. The Morgan fingerprint density at radius 2 is 2.16 bits per heavy atom. The largest absolute Gasteiger partial charge is 0.408 e. The molecular formula is C12H20N4O3. The van der Waals surface area contributed by atoms with Gasteiger partial charge < -0.3 is 9.52 Å². The lowest BCUT2D eigenvalue weighted by molar-refractivity contribution is -0.117. The number of aliphatic hydroxyl groups is 1. The molecule has 0 atom stereocenters. The molecular weight excluding hydrogens is 248 g/mol. The van der Waals surface area contributed by atoms with Crippen molar-refractivity contribution in [2.75, 3.05) is 25.5 Å². The van der Waals surface area contributed by atoms with Gasteiger partial charge in [-0.15, -0.1) is 5.10 Å². The van der Waals surface area contributed by atoms with Crippen LogP contribution in [0, 0.1) is 6.92 Å². The molecule has 1 amide bonds. The van der Waals surface area contributed by atoms with Gasteiger partial charge in [0.25, 0.3) is 0 Å². The van der Waals surface area contributed by atoms with Gasteiger partial charge in [0.2, 0.25) is 11.8 Å². The molecule has 106 valence electrons. The average Bonchev–Trinajstić information content (AvgIpc) is 2.87. The van der Waals surface area contributed by atoms with Crippen molar-refractivity contribution in [3.8, 4) is 0 Å². The molecule has 0 spiro atoms. The first kappa shape index (κ1) is 14.0. The van der Waals surface area contributed by atoms with Crippen molar-refractivity contribution >= 4 is 11.9 Å². The van der Waals surface area contributed by atoms with E-state index in [1.165, 1.54) is 0 Å². The number of nitrogens with one attached hydrogen (secondary N) is 1. The Bertz CT molecular complexity index is 440. The van der Waals surface area contributed by atoms with Gasteiger partial charge >= 0.3 is 6.01 Å². The highest BCUT2D eigenvalue weighted by Gasteiger charge is 2.32. The van der Waals surface area contributed by atoms with Crippen molar-refractivity contribution in [3.05, 3.63) is 5.89 Å². The summed E-state index contributed by atoms with van der Waals surface area (Å²) in [5.74, 6) is 0.177. The van der Waals surface area contributed by atoms with Crippen LogP contribution < -0.4 is 5.32 Å². The van der Waals surface area contributed by atoms with Crippen LogP contribution in [0.1, 0.15) is 31.6 Å². The number of aryl methyl sites for hydroxylation is 1. The number of hydrogen-bond donors (Lipinski definition) is 2. The van der Waals surface area contributed by atoms with E-state index in [1.54, 1.807) is 6.92 Å². The predicted octanol–water partition coefficient (Wildman–Crippen LogP) is 0.553. The van der Waals surface area contributed by atoms with Crippen molar-refractivity contribution < 1.29 is 14.3 Å². The third-order valence-corrected chi connectivity index (χ3v) is 3.28. The lowest BCUT2D eigenvalue weighted by Gasteiger charge is -2.27. The van der Waals surface area contributed by atoms with Gasteiger partial charge in [-0.2, -0.15) is 0 Å². The summed E-state index contributed by atoms with van der Waals surface area (Å²) in [5, 5.41) is 20.1. The summed E-state index contributed by atoms with van der Waals surface area (Å²) in [7, 11) is 1.81. The zero-order chi connectivity index (χ0) is 13.9. The molecule has 7 nitrogen and oxygen atoms in total. The highest BCUT2D eigenvalue weighted by atomic mass is 16.4. The monoisotopic (exact) mass is 268 g/mol. The van der Waals surface area contributed by atoms with Gasteiger partial charge in [0.05, 0.1) is 12.1 Å². The second-order valence-electron chi connectivity index (χ2n) is 5.28. The molecule has 0 radical (unpaired) electrons. The molecule has 0 saturated heterocycles. The molecule has 2 rings (SSSR count). The first-order valence-electron chi connectivity index (χ1n) is 6.48. The minimum Gasteiger partial charge on any atom is -0.408 e. The number of anilines is 1. The highest BCUT2D eigenvalue weighted by Crippen LogP contribution is 2.29. The first-order valence-corrected chi connectivity index (χ1v) is 6.48. The van der Waals surface area contributed by atoms with Crippen LogP contribution in [0.3, 0.4) is 0 Å². The summed E-state index contributed by atoms with van der Waals surface area (Å²) in [6, 6.07) is 0.107. The maximum atomic E-state index is 11.7. The molecule has 1 heterocycles. The Morgan fingerprint density at radius 1 is 1.47 bits per heavy atom. The summed E-state index contributed by atoms with van der Waals surface area (Å²) >= 11 is 0. The molecule has 1 aliphatic carbocycles. The molecule has 0 bridgehead atoms. The Kier molecular flexibility index (Phi) is 4.16. The number of likely N-dealkylation sites (N-methyl/N-ethyl adjacent to an activating group) is 1. The molecule has 1 aromatic heterocycles. The summed E-state index contributed by atoms with van der Waals surface area (Å²) in [5.41, 5.74) is -0.643. The molecule has 1 fully saturated rings. The van der Waals surface area contributed by atoms with E-state index in [4.69, 9.17) is 4.42 Å². The van der Waals surface area contributed by atoms with Crippen LogP contribution >= 0.6 is 0 Å². The van der Waals surface area contributed by atoms with Gasteiger partial charge in [-0.1, -0.05) is 17.9 Å². The van der Waals surface area contributed by atoms with Crippen molar-refractivity contribution in [2.24, 2.45) is 0 Å². The quantitative estimate of drug-likeness (QED) is 0.810. The van der Waals surface area contributed by atoms with Gasteiger partial charge in [0.1, 0.15) is 0 Å². The number of aromatic nitrogens is 2. The Labute approximate surface area is 112 Å². The molecule has 1 aliphatic rings. The Hall–Kier alpha value is -1.47. The van der Waals surface area contributed by atoms with Crippen LogP contribution in [0.5, 0.6) is 0 Å². The highest BCUT2D eigenvalue weighted by molar-refractivity contribution is 5.90. The fourth-order valence-electron chi connectivity index (χ4n) is 2.50. The second kappa shape index (κ2) is 5.66. The van der Waals surface area contributed by atoms with Crippen molar-refractivity contribution in [1.82, 2.24) is 15.1 Å². The minimum absolute atomic E-state index is 0.107. The van der Waals surface area contributed by atoms with Crippen LogP contribution in [0.2, 0.25) is 0 Å². The fourth-order valence-corrected chi connectivity index (χ4v) is 2.50. The molecule has 0 aliphatic heterocycles. The minimum atomic E-state index is -0.643. The maximum Gasteiger partial charge on any atom is 0.322 e. The number of carbonyl (C=O) groups is 1. The maximum absolute atomic E-state index is 11.7. The van der Waals surface area contributed by atoms with Crippen molar-refractivity contribution in [3.63, 3.8) is 0 Å². The lowest BCUT2D eigenvalue weighted by atomic mass is 10.0. The SMILES string of the molecule is Cc1nnc(NC(=O)CN(C)CC2(O)CCCC2)o1. The van der Waals surface area contributed by atoms with E-state index in [0.29, 0.717) is 12.4 Å². The van der Waals surface area contributed by atoms with Crippen LogP contribution in [0.15, 0.2) is 4.42 Å². The van der Waals surface area contributed by atoms with Gasteiger partial charge in [-0.05, 0) is 19.9 Å². The van der Waals surface area contributed by atoms with Crippen LogP contribution in [-0.4, -0.2) is 51.8 Å². The summed E-state index contributed by atoms with van der Waals surface area (Å²) in [4.78, 5) is 13.6. The fraction of sp³-hybridized carbons (Fsp3) is 0.750. The molecule has 0 aromatic carbocycles. The van der Waals surface area contributed by atoms with Crippen LogP contribution in [-0.2, 0) is 4.79 Å². The van der Waals surface area contributed by atoms with Crippen molar-refractivity contribution in [1.29, 1.82) is 0 Å². The number of hydrogen-bond acceptors (Lipinski definition) is 6. The molecule has 2 N–H and O–H groups in total. The molecule has 1 saturated carbocycles. The molecule has 19 heavy (non-hydrogen) atoms. The van der Waals surface area contributed by atoms with E-state index in [-0.39, 0.29) is 18.5 Å². The van der Waals surface area contributed by atoms with Gasteiger partial charge in [-0.25, -0.2) is 0 Å². The zero-order valence-corrected chi connectivity index (χ0v) is 11.3. The predicted molar refractivity (Wildman–Crippen MR) is 68.6 cm³/mol.